The van der Waals surface area contributed by atoms with Gasteiger partial charge in [-0.05, 0) is 35.4 Å². The van der Waals surface area contributed by atoms with E-state index in [1.165, 1.54) is 33.5 Å². The number of carbonyl (C=O) groups is 1. The van der Waals surface area contributed by atoms with Crippen LogP contribution in [0, 0.1) is 0 Å². The molecule has 2 N–H and O–H groups in total. The number of hydrogen-bond acceptors (Lipinski definition) is 6. The van der Waals surface area contributed by atoms with E-state index in [0.29, 0.717) is 34.5 Å². The van der Waals surface area contributed by atoms with E-state index in [1.807, 2.05) is 0 Å². The normalized spacial score (nSPS) is 11.3. The van der Waals surface area contributed by atoms with Crippen molar-refractivity contribution >= 4 is 26.3 Å². The number of carbonyl (C=O) groups excluding carboxylic acids is 1. The second-order valence-corrected chi connectivity index (χ2v) is 6.45. The first-order chi connectivity index (χ1) is 12.8. The lowest BCUT2D eigenvalue weighted by molar-refractivity contribution is 0.111. The molecule has 144 valence electrons. The van der Waals surface area contributed by atoms with Crippen LogP contribution in [0.2, 0.25) is 0 Å². The SMILES string of the molecule is COc1ccc(C=Cc2cc(OC)c(C=O)c(OC)c2)cc1OP(=O)(O)O. The summed E-state index contributed by atoms with van der Waals surface area (Å²) in [6, 6.07) is 7.98. The Balaban J connectivity index is 2.39. The van der Waals surface area contributed by atoms with E-state index in [2.05, 4.69) is 4.52 Å². The average Bonchev–Trinajstić information content (AvgIpc) is 2.64. The van der Waals surface area contributed by atoms with E-state index in [9.17, 15) is 9.36 Å². The number of methoxy groups -OCH3 is 3. The zero-order chi connectivity index (χ0) is 20.0. The molecule has 27 heavy (non-hydrogen) atoms. The predicted molar refractivity (Wildman–Crippen MR) is 99.5 cm³/mol. The third kappa shape index (κ3) is 5.34. The molecule has 0 aliphatic carbocycles. The van der Waals surface area contributed by atoms with Gasteiger partial charge >= 0.3 is 7.82 Å². The molecule has 2 rings (SSSR count). The number of rotatable bonds is 8. The molecule has 0 saturated carbocycles. The highest BCUT2D eigenvalue weighted by atomic mass is 31.2. The number of ether oxygens (including phenoxy) is 3. The van der Waals surface area contributed by atoms with Crippen LogP contribution in [0.3, 0.4) is 0 Å². The van der Waals surface area contributed by atoms with Crippen LogP contribution in [0.1, 0.15) is 21.5 Å². The molecule has 8 nitrogen and oxygen atoms in total. The molecule has 0 unspecified atom stereocenters. The average molecular weight is 394 g/mol. The summed E-state index contributed by atoms with van der Waals surface area (Å²) < 4.78 is 31.2. The van der Waals surface area contributed by atoms with Crippen molar-refractivity contribution in [3.05, 3.63) is 47.0 Å². The third-order valence-electron chi connectivity index (χ3n) is 3.56. The maximum atomic E-state index is 11.2. The first kappa shape index (κ1) is 20.5. The molecule has 0 aromatic heterocycles. The molecule has 0 heterocycles. The summed E-state index contributed by atoms with van der Waals surface area (Å²) in [6.45, 7) is 0. The van der Waals surface area contributed by atoms with Crippen molar-refractivity contribution in [2.75, 3.05) is 21.3 Å². The van der Waals surface area contributed by atoms with E-state index in [1.54, 1.807) is 30.4 Å². The summed E-state index contributed by atoms with van der Waals surface area (Å²) >= 11 is 0. The first-order valence-corrected chi connectivity index (χ1v) is 9.16. The summed E-state index contributed by atoms with van der Waals surface area (Å²) in [4.78, 5) is 29.2. The van der Waals surface area contributed by atoms with Crippen molar-refractivity contribution in [3.8, 4) is 23.0 Å². The quantitative estimate of drug-likeness (QED) is 0.399. The molecule has 0 amide bonds. The molecule has 0 spiro atoms. The van der Waals surface area contributed by atoms with Gasteiger partial charge in [0.1, 0.15) is 11.5 Å². The Labute approximate surface area is 156 Å². The highest BCUT2D eigenvalue weighted by Gasteiger charge is 2.19. The molecule has 0 aliphatic rings. The van der Waals surface area contributed by atoms with Gasteiger partial charge in [-0.3, -0.25) is 14.6 Å². The van der Waals surface area contributed by atoms with E-state index >= 15 is 0 Å². The zero-order valence-electron chi connectivity index (χ0n) is 14.9. The van der Waals surface area contributed by atoms with Gasteiger partial charge in [-0.1, -0.05) is 18.2 Å². The van der Waals surface area contributed by atoms with E-state index in [4.69, 9.17) is 24.0 Å². The zero-order valence-corrected chi connectivity index (χ0v) is 15.8. The molecule has 0 atom stereocenters. The Bertz CT molecular complexity index is 875. The minimum absolute atomic E-state index is 0.0838. The predicted octanol–water partition coefficient (Wildman–Crippen LogP) is 3.17. The Kier molecular flexibility index (Phi) is 6.63. The van der Waals surface area contributed by atoms with Gasteiger partial charge in [0.05, 0.1) is 26.9 Å². The van der Waals surface area contributed by atoms with Gasteiger partial charge in [0.2, 0.25) is 0 Å². The number of phosphoric ester groups is 1. The summed E-state index contributed by atoms with van der Waals surface area (Å²) in [5, 5.41) is 0. The van der Waals surface area contributed by atoms with Crippen molar-refractivity contribution in [1.82, 2.24) is 0 Å². The molecule has 0 bridgehead atoms. The summed E-state index contributed by atoms with van der Waals surface area (Å²) in [5.41, 5.74) is 1.61. The van der Waals surface area contributed by atoms with Crippen molar-refractivity contribution in [2.24, 2.45) is 0 Å². The number of aldehydes is 1. The monoisotopic (exact) mass is 394 g/mol. The van der Waals surface area contributed by atoms with E-state index in [-0.39, 0.29) is 11.5 Å². The van der Waals surface area contributed by atoms with Crippen LogP contribution in [-0.2, 0) is 4.57 Å². The van der Waals surface area contributed by atoms with E-state index in [0.717, 1.165) is 0 Å². The maximum Gasteiger partial charge on any atom is 0.524 e. The lowest BCUT2D eigenvalue weighted by Crippen LogP contribution is -1.96. The van der Waals surface area contributed by atoms with Crippen LogP contribution in [0.15, 0.2) is 30.3 Å². The second-order valence-electron chi connectivity index (χ2n) is 5.28. The molecule has 0 fully saturated rings. The Hall–Kier alpha value is -2.80. The number of hydrogen-bond donors (Lipinski definition) is 2. The summed E-state index contributed by atoms with van der Waals surface area (Å²) in [5.74, 6) is 0.835. The van der Waals surface area contributed by atoms with Crippen LogP contribution >= 0.6 is 7.82 Å². The Morgan fingerprint density at radius 1 is 0.815 bits per heavy atom. The fourth-order valence-corrected chi connectivity index (χ4v) is 2.76. The van der Waals surface area contributed by atoms with Gasteiger partial charge in [0, 0.05) is 0 Å². The summed E-state index contributed by atoms with van der Waals surface area (Å²) in [7, 11) is -0.462. The minimum Gasteiger partial charge on any atom is -0.496 e. The van der Waals surface area contributed by atoms with Gasteiger partial charge in [0.25, 0.3) is 0 Å². The van der Waals surface area contributed by atoms with Crippen molar-refractivity contribution in [3.63, 3.8) is 0 Å². The van der Waals surface area contributed by atoms with Crippen molar-refractivity contribution in [1.29, 1.82) is 0 Å². The van der Waals surface area contributed by atoms with Gasteiger partial charge in [0.15, 0.2) is 17.8 Å². The first-order valence-electron chi connectivity index (χ1n) is 7.63. The molecule has 0 saturated heterocycles. The molecular formula is C18H19O8P. The second kappa shape index (κ2) is 8.73. The molecule has 9 heteroatoms. The minimum atomic E-state index is -4.73. The van der Waals surface area contributed by atoms with E-state index < -0.39 is 7.82 Å². The molecule has 0 aliphatic heterocycles. The van der Waals surface area contributed by atoms with Crippen LogP contribution < -0.4 is 18.7 Å². The van der Waals surface area contributed by atoms with Crippen LogP contribution in [0.4, 0.5) is 0 Å². The molecular weight excluding hydrogens is 375 g/mol. The number of benzene rings is 2. The van der Waals surface area contributed by atoms with Gasteiger partial charge in [-0.25, -0.2) is 4.57 Å². The highest BCUT2D eigenvalue weighted by molar-refractivity contribution is 7.46. The summed E-state index contributed by atoms with van der Waals surface area (Å²) in [6.07, 6.45) is 4.07. The van der Waals surface area contributed by atoms with Crippen molar-refractivity contribution < 1.29 is 37.9 Å². The lowest BCUT2D eigenvalue weighted by Gasteiger charge is -2.12. The number of phosphoric acid groups is 1. The lowest BCUT2D eigenvalue weighted by atomic mass is 10.1. The highest BCUT2D eigenvalue weighted by Crippen LogP contribution is 2.42. The smallest absolute Gasteiger partial charge is 0.496 e. The fraction of sp³-hybridized carbons (Fsp3) is 0.167. The molecule has 0 radical (unpaired) electrons. The Morgan fingerprint density at radius 3 is 1.81 bits per heavy atom. The molecule has 2 aromatic rings. The largest absolute Gasteiger partial charge is 0.524 e. The molecule has 2 aromatic carbocycles. The van der Waals surface area contributed by atoms with Gasteiger partial charge in [-0.15, -0.1) is 0 Å². The standard InChI is InChI=1S/C18H19O8P/c1-23-15-7-6-12(8-18(15)26-27(20,21)22)4-5-13-9-16(24-2)14(11-19)17(10-13)25-3/h4-11H,1-3H3,(H2,20,21,22). The fourth-order valence-electron chi connectivity index (χ4n) is 2.36. The van der Waals surface area contributed by atoms with Crippen LogP contribution in [-0.4, -0.2) is 37.4 Å². The van der Waals surface area contributed by atoms with Crippen LogP contribution in [0.25, 0.3) is 12.2 Å². The third-order valence-corrected chi connectivity index (χ3v) is 3.99. The van der Waals surface area contributed by atoms with Gasteiger partial charge < -0.3 is 18.7 Å². The van der Waals surface area contributed by atoms with Gasteiger partial charge in [-0.2, -0.15) is 0 Å². The van der Waals surface area contributed by atoms with Crippen LogP contribution in [0.5, 0.6) is 23.0 Å². The van der Waals surface area contributed by atoms with Crippen molar-refractivity contribution in [2.45, 2.75) is 0 Å². The topological polar surface area (TPSA) is 112 Å². The maximum absolute atomic E-state index is 11.2. The Morgan fingerprint density at radius 2 is 1.33 bits per heavy atom.